The quantitative estimate of drug-likeness (QED) is 0.665. The Balaban J connectivity index is 2.39. The molecule has 1 heterocycles. The zero-order valence-corrected chi connectivity index (χ0v) is 15.6. The molecule has 0 unspecified atom stereocenters. The molecule has 1 N–H and O–H groups in total. The first-order valence-electron chi connectivity index (χ1n) is 8.63. The number of amides is 1. The van der Waals surface area contributed by atoms with Crippen molar-refractivity contribution in [2.45, 2.75) is 20.4 Å². The topological polar surface area (TPSA) is 111 Å². The van der Waals surface area contributed by atoms with E-state index in [4.69, 9.17) is 9.47 Å². The van der Waals surface area contributed by atoms with E-state index in [1.807, 2.05) is 0 Å². The molecule has 0 aliphatic rings. The second kappa shape index (κ2) is 9.13. The fourth-order valence-electron chi connectivity index (χ4n) is 2.67. The van der Waals surface area contributed by atoms with E-state index in [2.05, 4.69) is 4.98 Å². The Hall–Kier alpha value is -2.94. The van der Waals surface area contributed by atoms with Crippen LogP contribution in [0.25, 0.3) is 10.9 Å². The zero-order chi connectivity index (χ0) is 20.0. The maximum absolute atomic E-state index is 12.8. The van der Waals surface area contributed by atoms with Gasteiger partial charge in [0.1, 0.15) is 6.54 Å². The predicted molar refractivity (Wildman–Crippen MR) is 98.9 cm³/mol. The van der Waals surface area contributed by atoms with E-state index >= 15 is 0 Å². The molecule has 1 aromatic carbocycles. The summed E-state index contributed by atoms with van der Waals surface area (Å²) in [5.74, 6) is -0.954. The summed E-state index contributed by atoms with van der Waals surface area (Å²) in [5.41, 5.74) is -0.448. The van der Waals surface area contributed by atoms with Crippen LogP contribution in [0.4, 0.5) is 0 Å². The van der Waals surface area contributed by atoms with Gasteiger partial charge in [0.15, 0.2) is 0 Å². The summed E-state index contributed by atoms with van der Waals surface area (Å²) in [6.07, 6.45) is 0. The van der Waals surface area contributed by atoms with Crippen LogP contribution in [0.2, 0.25) is 0 Å². The normalized spacial score (nSPS) is 10.8. The minimum Gasteiger partial charge on any atom is -0.465 e. The summed E-state index contributed by atoms with van der Waals surface area (Å²) in [5, 5.41) is 0.307. The van der Waals surface area contributed by atoms with Crippen LogP contribution in [-0.2, 0) is 20.8 Å². The van der Waals surface area contributed by atoms with Crippen molar-refractivity contribution in [1.29, 1.82) is 0 Å². The highest BCUT2D eigenvalue weighted by Gasteiger charge is 2.20. The van der Waals surface area contributed by atoms with Crippen molar-refractivity contribution in [3.05, 3.63) is 44.6 Å². The van der Waals surface area contributed by atoms with Crippen molar-refractivity contribution in [2.24, 2.45) is 0 Å². The van der Waals surface area contributed by atoms with Crippen LogP contribution in [0.1, 0.15) is 24.2 Å². The molecule has 0 saturated carbocycles. The van der Waals surface area contributed by atoms with Crippen molar-refractivity contribution < 1.29 is 19.1 Å². The zero-order valence-electron chi connectivity index (χ0n) is 15.6. The van der Waals surface area contributed by atoms with Crippen molar-refractivity contribution in [1.82, 2.24) is 14.5 Å². The van der Waals surface area contributed by atoms with E-state index in [0.29, 0.717) is 5.39 Å². The lowest BCUT2D eigenvalue weighted by Gasteiger charge is -2.21. The molecular weight excluding hydrogens is 354 g/mol. The molecule has 0 atom stereocenters. The van der Waals surface area contributed by atoms with Crippen molar-refractivity contribution in [2.75, 3.05) is 33.4 Å². The maximum atomic E-state index is 12.8. The number of hydrogen-bond acceptors (Lipinski definition) is 6. The molecular formula is C18H23N3O6. The largest absolute Gasteiger partial charge is 0.465 e. The number of fused-ring (bicyclic) bond motifs is 1. The molecule has 1 amide bonds. The van der Waals surface area contributed by atoms with Crippen LogP contribution in [-0.4, -0.2) is 59.7 Å². The fraction of sp³-hybridized carbons (Fsp3) is 0.444. The number of H-pyrrole nitrogens is 1. The summed E-state index contributed by atoms with van der Waals surface area (Å²) < 4.78 is 11.0. The molecule has 146 valence electrons. The van der Waals surface area contributed by atoms with Crippen LogP contribution in [0.15, 0.2) is 27.8 Å². The Labute approximate surface area is 155 Å². The first-order valence-corrected chi connectivity index (χ1v) is 8.63. The number of ether oxygens (including phenoxy) is 2. The van der Waals surface area contributed by atoms with Crippen molar-refractivity contribution in [3.63, 3.8) is 0 Å². The molecule has 0 bridgehead atoms. The Bertz CT molecular complexity index is 946. The summed E-state index contributed by atoms with van der Waals surface area (Å²) in [6.45, 7) is 4.06. The molecule has 0 aliphatic carbocycles. The first-order chi connectivity index (χ1) is 12.9. The highest BCUT2D eigenvalue weighted by Crippen LogP contribution is 2.12. The number of benzene rings is 1. The third kappa shape index (κ3) is 4.62. The van der Waals surface area contributed by atoms with E-state index < -0.39 is 23.1 Å². The number of carbonyl (C=O) groups excluding carboxylic acids is 2. The number of esters is 1. The summed E-state index contributed by atoms with van der Waals surface area (Å²) in [6, 6.07) is 4.42. The lowest BCUT2D eigenvalue weighted by atomic mass is 10.1. The number of nitrogens with one attached hydrogen (secondary N) is 1. The van der Waals surface area contributed by atoms with Gasteiger partial charge in [0, 0.05) is 25.8 Å². The van der Waals surface area contributed by atoms with E-state index in [1.54, 1.807) is 13.8 Å². The lowest BCUT2D eigenvalue weighted by Crippen LogP contribution is -2.39. The van der Waals surface area contributed by atoms with E-state index in [9.17, 15) is 19.2 Å². The molecule has 9 heteroatoms. The van der Waals surface area contributed by atoms with Gasteiger partial charge >= 0.3 is 11.7 Å². The molecule has 1 aromatic heterocycles. The Kier molecular flexibility index (Phi) is 6.89. The van der Waals surface area contributed by atoms with E-state index in [0.717, 1.165) is 4.57 Å². The predicted octanol–water partition coefficient (Wildman–Crippen LogP) is 0.361. The third-order valence-corrected chi connectivity index (χ3v) is 4.02. The van der Waals surface area contributed by atoms with Crippen molar-refractivity contribution >= 4 is 22.8 Å². The number of methoxy groups -OCH3 is 1. The smallest absolute Gasteiger partial charge is 0.328 e. The fourth-order valence-corrected chi connectivity index (χ4v) is 2.67. The Morgan fingerprint density at radius 1 is 1.22 bits per heavy atom. The molecule has 2 aromatic rings. The molecule has 0 radical (unpaired) electrons. The number of aromatic amines is 1. The average Bonchev–Trinajstić information content (AvgIpc) is 2.64. The highest BCUT2D eigenvalue weighted by molar-refractivity contribution is 5.98. The van der Waals surface area contributed by atoms with Crippen LogP contribution in [0.3, 0.4) is 0 Å². The average molecular weight is 377 g/mol. The Morgan fingerprint density at radius 2 is 1.96 bits per heavy atom. The van der Waals surface area contributed by atoms with Gasteiger partial charge in [-0.25, -0.2) is 4.79 Å². The SMILES string of the molecule is CCOC(=O)CN(CCOC)C(=O)c1ccc2c(=O)n(CC)c(=O)[nH]c2c1. The van der Waals surface area contributed by atoms with E-state index in [1.165, 1.54) is 30.2 Å². The van der Waals surface area contributed by atoms with Gasteiger partial charge in [-0.2, -0.15) is 0 Å². The standard InChI is InChI=1S/C18H23N3O6/c1-4-21-17(24)13-7-6-12(10-14(13)19-18(21)25)16(23)20(8-9-26-3)11-15(22)27-5-2/h6-7,10H,4-5,8-9,11H2,1-3H3,(H,19,25). The van der Waals surface area contributed by atoms with Crippen LogP contribution in [0.5, 0.6) is 0 Å². The van der Waals surface area contributed by atoms with Crippen LogP contribution >= 0.6 is 0 Å². The van der Waals surface area contributed by atoms with Crippen molar-refractivity contribution in [3.8, 4) is 0 Å². The summed E-state index contributed by atoms with van der Waals surface area (Å²) >= 11 is 0. The van der Waals surface area contributed by atoms with Crippen LogP contribution in [0, 0.1) is 0 Å². The number of nitrogens with zero attached hydrogens (tertiary/aromatic N) is 2. The minimum absolute atomic E-state index is 0.195. The summed E-state index contributed by atoms with van der Waals surface area (Å²) in [7, 11) is 1.49. The number of hydrogen-bond donors (Lipinski definition) is 1. The third-order valence-electron chi connectivity index (χ3n) is 4.02. The molecule has 27 heavy (non-hydrogen) atoms. The Morgan fingerprint density at radius 3 is 2.59 bits per heavy atom. The molecule has 9 nitrogen and oxygen atoms in total. The molecule has 0 aliphatic heterocycles. The second-order valence-electron chi connectivity index (χ2n) is 5.76. The van der Waals surface area contributed by atoms with Gasteiger partial charge in [-0.05, 0) is 32.0 Å². The van der Waals surface area contributed by atoms with Gasteiger partial charge in [-0.1, -0.05) is 0 Å². The van der Waals surface area contributed by atoms with Gasteiger partial charge in [-0.15, -0.1) is 0 Å². The molecule has 0 spiro atoms. The number of carbonyl (C=O) groups is 2. The second-order valence-corrected chi connectivity index (χ2v) is 5.76. The maximum Gasteiger partial charge on any atom is 0.328 e. The molecule has 2 rings (SSSR count). The lowest BCUT2D eigenvalue weighted by molar-refractivity contribution is -0.143. The monoisotopic (exact) mass is 377 g/mol. The first kappa shape index (κ1) is 20.4. The number of rotatable bonds is 8. The van der Waals surface area contributed by atoms with E-state index in [-0.39, 0.29) is 43.9 Å². The van der Waals surface area contributed by atoms with Gasteiger partial charge in [0.2, 0.25) is 0 Å². The summed E-state index contributed by atoms with van der Waals surface area (Å²) in [4.78, 5) is 52.8. The molecule has 0 fully saturated rings. The van der Waals surface area contributed by atoms with Gasteiger partial charge < -0.3 is 19.4 Å². The van der Waals surface area contributed by atoms with Gasteiger partial charge in [0.25, 0.3) is 11.5 Å². The van der Waals surface area contributed by atoms with Gasteiger partial charge in [0.05, 0.1) is 24.1 Å². The van der Waals surface area contributed by atoms with Gasteiger partial charge in [-0.3, -0.25) is 19.0 Å². The van der Waals surface area contributed by atoms with Crippen LogP contribution < -0.4 is 11.2 Å². The molecule has 0 saturated heterocycles. The highest BCUT2D eigenvalue weighted by atomic mass is 16.5. The number of aromatic nitrogens is 2. The minimum atomic E-state index is -0.539.